The van der Waals surface area contributed by atoms with Crippen molar-refractivity contribution in [3.8, 4) is 0 Å². The lowest BCUT2D eigenvalue weighted by Gasteiger charge is -2.08. The van der Waals surface area contributed by atoms with Crippen LogP contribution in [0.25, 0.3) is 0 Å². The second kappa shape index (κ2) is 3.84. The molecule has 1 aliphatic rings. The zero-order valence-corrected chi connectivity index (χ0v) is 10.4. The largest absolute Gasteiger partial charge is 0.369 e. The van der Waals surface area contributed by atoms with Gasteiger partial charge < -0.3 is 5.32 Å². The fraction of sp³-hybridized carbons (Fsp3) is 0.545. The van der Waals surface area contributed by atoms with Crippen molar-refractivity contribution in [3.63, 3.8) is 0 Å². The molecule has 0 radical (unpaired) electrons. The van der Waals surface area contributed by atoms with Crippen molar-refractivity contribution in [2.45, 2.75) is 20.3 Å². The molecule has 0 spiro atoms. The van der Waals surface area contributed by atoms with E-state index in [1.54, 1.807) is 12.3 Å². The van der Waals surface area contributed by atoms with Gasteiger partial charge in [0.2, 0.25) is 0 Å². The first-order valence-corrected chi connectivity index (χ1v) is 5.79. The standard InChI is InChI=1S/C11H14Cl2N2/c1-11(2)4-7(11)5-14-10-9(13)3-8(12)6-15-10/h3,6-7H,4-5H2,1-2H3,(H,14,15). The molecule has 2 rings (SSSR count). The van der Waals surface area contributed by atoms with Crippen LogP contribution < -0.4 is 5.32 Å². The Labute approximate surface area is 100.0 Å². The van der Waals surface area contributed by atoms with Gasteiger partial charge in [-0.3, -0.25) is 0 Å². The molecule has 4 heteroatoms. The molecule has 1 heterocycles. The van der Waals surface area contributed by atoms with E-state index in [0.29, 0.717) is 15.5 Å². The summed E-state index contributed by atoms with van der Waals surface area (Å²) >= 11 is 11.8. The van der Waals surface area contributed by atoms with Crippen LogP contribution in [0.15, 0.2) is 12.3 Å². The summed E-state index contributed by atoms with van der Waals surface area (Å²) in [4.78, 5) is 4.15. The van der Waals surface area contributed by atoms with Crippen molar-refractivity contribution in [3.05, 3.63) is 22.3 Å². The smallest absolute Gasteiger partial charge is 0.144 e. The molecular weight excluding hydrogens is 231 g/mol. The first-order chi connectivity index (χ1) is 6.99. The molecule has 0 bridgehead atoms. The highest BCUT2D eigenvalue weighted by Crippen LogP contribution is 2.51. The molecule has 1 atom stereocenters. The average molecular weight is 245 g/mol. The van der Waals surface area contributed by atoms with Crippen LogP contribution in [0.2, 0.25) is 10.0 Å². The van der Waals surface area contributed by atoms with Crippen LogP contribution in [0.4, 0.5) is 5.82 Å². The van der Waals surface area contributed by atoms with Gasteiger partial charge in [0.25, 0.3) is 0 Å². The van der Waals surface area contributed by atoms with Crippen LogP contribution in [0.3, 0.4) is 0 Å². The molecule has 1 aromatic heterocycles. The summed E-state index contributed by atoms with van der Waals surface area (Å²) in [5.74, 6) is 1.45. The summed E-state index contributed by atoms with van der Waals surface area (Å²) in [6.45, 7) is 5.48. The van der Waals surface area contributed by atoms with Crippen LogP contribution in [0.1, 0.15) is 20.3 Å². The number of hydrogen-bond donors (Lipinski definition) is 1. The van der Waals surface area contributed by atoms with Crippen molar-refractivity contribution >= 4 is 29.0 Å². The van der Waals surface area contributed by atoms with Gasteiger partial charge in [-0.25, -0.2) is 4.98 Å². The fourth-order valence-electron chi connectivity index (χ4n) is 1.69. The van der Waals surface area contributed by atoms with Crippen LogP contribution in [0, 0.1) is 11.3 Å². The molecule has 1 fully saturated rings. The maximum Gasteiger partial charge on any atom is 0.144 e. The Bertz CT molecular complexity index is 377. The molecule has 1 N–H and O–H groups in total. The van der Waals surface area contributed by atoms with Crippen molar-refractivity contribution in [1.29, 1.82) is 0 Å². The molecule has 1 aromatic rings. The minimum atomic E-state index is 0.478. The number of aromatic nitrogens is 1. The number of hydrogen-bond acceptors (Lipinski definition) is 2. The van der Waals surface area contributed by atoms with Gasteiger partial charge in [-0.1, -0.05) is 37.0 Å². The lowest BCUT2D eigenvalue weighted by molar-refractivity contribution is 0.573. The average Bonchev–Trinajstić information content (AvgIpc) is 2.73. The minimum Gasteiger partial charge on any atom is -0.369 e. The molecule has 2 nitrogen and oxygen atoms in total. The molecule has 15 heavy (non-hydrogen) atoms. The fourth-order valence-corrected chi connectivity index (χ4v) is 2.14. The topological polar surface area (TPSA) is 24.9 Å². The third kappa shape index (κ3) is 2.56. The van der Waals surface area contributed by atoms with Crippen LogP contribution in [-0.4, -0.2) is 11.5 Å². The maximum atomic E-state index is 6.00. The van der Waals surface area contributed by atoms with Gasteiger partial charge in [0.1, 0.15) is 5.82 Å². The molecule has 0 aliphatic heterocycles. The van der Waals surface area contributed by atoms with E-state index in [0.717, 1.165) is 18.3 Å². The number of nitrogens with zero attached hydrogens (tertiary/aromatic N) is 1. The number of halogens is 2. The molecule has 1 saturated carbocycles. The highest BCUT2D eigenvalue weighted by Gasteiger charge is 2.45. The van der Waals surface area contributed by atoms with E-state index in [1.165, 1.54) is 6.42 Å². The highest BCUT2D eigenvalue weighted by atomic mass is 35.5. The minimum absolute atomic E-state index is 0.478. The Kier molecular flexibility index (Phi) is 2.82. The quantitative estimate of drug-likeness (QED) is 0.874. The predicted octanol–water partition coefficient (Wildman–Crippen LogP) is 3.85. The molecule has 0 amide bonds. The molecule has 82 valence electrons. The van der Waals surface area contributed by atoms with Gasteiger partial charge in [-0.2, -0.15) is 0 Å². The number of anilines is 1. The summed E-state index contributed by atoms with van der Waals surface area (Å²) in [6, 6.07) is 1.70. The Hall–Kier alpha value is -0.470. The lowest BCUT2D eigenvalue weighted by atomic mass is 10.1. The van der Waals surface area contributed by atoms with Gasteiger partial charge in [-0.05, 0) is 23.8 Å². The van der Waals surface area contributed by atoms with E-state index in [-0.39, 0.29) is 0 Å². The summed E-state index contributed by atoms with van der Waals surface area (Å²) in [5, 5.41) is 4.41. The van der Waals surface area contributed by atoms with Crippen molar-refractivity contribution in [2.75, 3.05) is 11.9 Å². The van der Waals surface area contributed by atoms with E-state index in [2.05, 4.69) is 24.1 Å². The zero-order chi connectivity index (χ0) is 11.1. The second-order valence-electron chi connectivity index (χ2n) is 4.75. The van der Waals surface area contributed by atoms with E-state index >= 15 is 0 Å². The summed E-state index contributed by atoms with van der Waals surface area (Å²) in [5.41, 5.74) is 0.478. The Balaban J connectivity index is 1.94. The third-order valence-electron chi connectivity index (χ3n) is 3.04. The third-order valence-corrected chi connectivity index (χ3v) is 3.54. The zero-order valence-electron chi connectivity index (χ0n) is 8.85. The van der Waals surface area contributed by atoms with Gasteiger partial charge in [0.15, 0.2) is 0 Å². The number of rotatable bonds is 3. The number of nitrogens with one attached hydrogen (secondary N) is 1. The summed E-state index contributed by atoms with van der Waals surface area (Å²) < 4.78 is 0. The van der Waals surface area contributed by atoms with E-state index in [9.17, 15) is 0 Å². The Morgan fingerprint density at radius 2 is 2.20 bits per heavy atom. The van der Waals surface area contributed by atoms with Gasteiger partial charge in [0.05, 0.1) is 10.0 Å². The summed E-state index contributed by atoms with van der Waals surface area (Å²) in [6.07, 6.45) is 2.87. The molecule has 1 unspecified atom stereocenters. The van der Waals surface area contributed by atoms with Gasteiger partial charge in [0, 0.05) is 12.7 Å². The van der Waals surface area contributed by atoms with Gasteiger partial charge >= 0.3 is 0 Å². The van der Waals surface area contributed by atoms with E-state index < -0.39 is 0 Å². The normalized spacial score (nSPS) is 22.5. The van der Waals surface area contributed by atoms with Gasteiger partial charge in [-0.15, -0.1) is 0 Å². The molecule has 0 saturated heterocycles. The van der Waals surface area contributed by atoms with Crippen LogP contribution in [-0.2, 0) is 0 Å². The summed E-state index contributed by atoms with van der Waals surface area (Å²) in [7, 11) is 0. The Morgan fingerprint density at radius 3 is 2.73 bits per heavy atom. The SMILES string of the molecule is CC1(C)CC1CNc1ncc(Cl)cc1Cl. The molecular formula is C11H14Cl2N2. The first kappa shape index (κ1) is 11.0. The monoisotopic (exact) mass is 244 g/mol. The highest BCUT2D eigenvalue weighted by molar-refractivity contribution is 6.35. The molecule has 1 aliphatic carbocycles. The second-order valence-corrected chi connectivity index (χ2v) is 5.60. The first-order valence-electron chi connectivity index (χ1n) is 5.04. The van der Waals surface area contributed by atoms with Crippen LogP contribution in [0.5, 0.6) is 0 Å². The van der Waals surface area contributed by atoms with Crippen LogP contribution >= 0.6 is 23.2 Å². The predicted molar refractivity (Wildman–Crippen MR) is 64.6 cm³/mol. The Morgan fingerprint density at radius 1 is 1.53 bits per heavy atom. The van der Waals surface area contributed by atoms with Crippen molar-refractivity contribution in [1.82, 2.24) is 4.98 Å². The maximum absolute atomic E-state index is 6.00. The van der Waals surface area contributed by atoms with E-state index in [4.69, 9.17) is 23.2 Å². The number of pyridine rings is 1. The van der Waals surface area contributed by atoms with E-state index in [1.807, 2.05) is 0 Å². The lowest BCUT2D eigenvalue weighted by Crippen LogP contribution is -2.08. The van der Waals surface area contributed by atoms with Crippen molar-refractivity contribution < 1.29 is 0 Å². The molecule has 0 aromatic carbocycles. The van der Waals surface area contributed by atoms with Crippen molar-refractivity contribution in [2.24, 2.45) is 11.3 Å².